The summed E-state index contributed by atoms with van der Waals surface area (Å²) in [6, 6.07) is 7.21. The number of benzene rings is 1. The fourth-order valence-electron chi connectivity index (χ4n) is 2.06. The Kier molecular flexibility index (Phi) is 2.26. The standard InChI is InChI=1S/C12H17N/c1-9-5-3-7-11-8-4-6-10(2)13-12(9)11/h3,5,7,10,13H,4,6,8H2,1-2H3. The van der Waals surface area contributed by atoms with Crippen molar-refractivity contribution in [2.45, 2.75) is 39.2 Å². The first-order valence-electron chi connectivity index (χ1n) is 5.12. The predicted octanol–water partition coefficient (Wildman–Crippen LogP) is 3.13. The van der Waals surface area contributed by atoms with Crippen molar-refractivity contribution in [1.82, 2.24) is 0 Å². The van der Waals surface area contributed by atoms with Crippen molar-refractivity contribution in [3.05, 3.63) is 29.3 Å². The highest BCUT2D eigenvalue weighted by molar-refractivity contribution is 5.58. The molecule has 1 aliphatic rings. The van der Waals surface area contributed by atoms with E-state index in [0.717, 1.165) is 0 Å². The van der Waals surface area contributed by atoms with Gasteiger partial charge in [-0.3, -0.25) is 0 Å². The first kappa shape index (κ1) is 8.61. The van der Waals surface area contributed by atoms with Crippen LogP contribution in [-0.2, 0) is 6.42 Å². The number of para-hydroxylation sites is 1. The monoisotopic (exact) mass is 175 g/mol. The molecule has 0 spiro atoms. The van der Waals surface area contributed by atoms with Gasteiger partial charge >= 0.3 is 0 Å². The van der Waals surface area contributed by atoms with Crippen molar-refractivity contribution >= 4 is 5.69 Å². The molecular weight excluding hydrogens is 158 g/mol. The second-order valence-corrected chi connectivity index (χ2v) is 4.05. The van der Waals surface area contributed by atoms with Gasteiger partial charge in [-0.25, -0.2) is 0 Å². The molecule has 0 amide bonds. The molecule has 70 valence electrons. The van der Waals surface area contributed by atoms with E-state index >= 15 is 0 Å². The lowest BCUT2D eigenvalue weighted by atomic mass is 10.0. The van der Waals surface area contributed by atoms with Gasteiger partial charge < -0.3 is 5.32 Å². The molecule has 1 unspecified atom stereocenters. The van der Waals surface area contributed by atoms with Crippen LogP contribution in [0.1, 0.15) is 30.9 Å². The molecule has 1 atom stereocenters. The average Bonchev–Trinajstić information content (AvgIpc) is 2.28. The van der Waals surface area contributed by atoms with E-state index in [9.17, 15) is 0 Å². The number of hydrogen-bond donors (Lipinski definition) is 1. The molecule has 0 saturated carbocycles. The van der Waals surface area contributed by atoms with E-state index in [2.05, 4.69) is 37.4 Å². The Bertz CT molecular complexity index is 304. The summed E-state index contributed by atoms with van der Waals surface area (Å²) in [6.07, 6.45) is 3.83. The van der Waals surface area contributed by atoms with Gasteiger partial charge in [-0.05, 0) is 44.2 Å². The molecule has 13 heavy (non-hydrogen) atoms. The van der Waals surface area contributed by atoms with E-state index in [1.165, 1.54) is 36.1 Å². The Morgan fingerprint density at radius 2 is 2.23 bits per heavy atom. The van der Waals surface area contributed by atoms with Crippen LogP contribution in [0, 0.1) is 6.92 Å². The van der Waals surface area contributed by atoms with Crippen LogP contribution in [0.5, 0.6) is 0 Å². The molecular formula is C12H17N. The molecule has 0 bridgehead atoms. The first-order valence-corrected chi connectivity index (χ1v) is 5.12. The quantitative estimate of drug-likeness (QED) is 0.638. The number of fused-ring (bicyclic) bond motifs is 1. The zero-order valence-electron chi connectivity index (χ0n) is 8.43. The lowest BCUT2D eigenvalue weighted by Gasteiger charge is -2.15. The van der Waals surface area contributed by atoms with Gasteiger partial charge in [0.25, 0.3) is 0 Å². The zero-order valence-corrected chi connectivity index (χ0v) is 8.43. The lowest BCUT2D eigenvalue weighted by Crippen LogP contribution is -2.13. The first-order chi connectivity index (χ1) is 6.27. The summed E-state index contributed by atoms with van der Waals surface area (Å²) in [6.45, 7) is 4.45. The van der Waals surface area contributed by atoms with Gasteiger partial charge in [-0.15, -0.1) is 0 Å². The van der Waals surface area contributed by atoms with Gasteiger partial charge in [-0.1, -0.05) is 18.2 Å². The van der Waals surface area contributed by atoms with Crippen LogP contribution in [0.3, 0.4) is 0 Å². The second kappa shape index (κ2) is 3.41. The lowest BCUT2D eigenvalue weighted by molar-refractivity contribution is 0.674. The van der Waals surface area contributed by atoms with Crippen LogP contribution in [-0.4, -0.2) is 6.04 Å². The highest BCUT2D eigenvalue weighted by atomic mass is 14.9. The predicted molar refractivity (Wildman–Crippen MR) is 57.2 cm³/mol. The summed E-state index contributed by atoms with van der Waals surface area (Å²) in [5.41, 5.74) is 4.25. The van der Waals surface area contributed by atoms with Crippen LogP contribution >= 0.6 is 0 Å². The molecule has 1 aromatic carbocycles. The Hall–Kier alpha value is -0.980. The van der Waals surface area contributed by atoms with Crippen LogP contribution in [0.15, 0.2) is 18.2 Å². The number of anilines is 1. The van der Waals surface area contributed by atoms with Crippen molar-refractivity contribution < 1.29 is 0 Å². The molecule has 1 heteroatoms. The van der Waals surface area contributed by atoms with Crippen molar-refractivity contribution in [1.29, 1.82) is 0 Å². The minimum atomic E-state index is 0.627. The molecule has 1 aliphatic heterocycles. The summed E-state index contributed by atoms with van der Waals surface area (Å²) in [4.78, 5) is 0. The molecule has 0 aliphatic carbocycles. The Balaban J connectivity index is 2.40. The minimum absolute atomic E-state index is 0.627. The third kappa shape index (κ3) is 1.69. The summed E-state index contributed by atoms with van der Waals surface area (Å²) in [5, 5.41) is 3.59. The molecule has 1 N–H and O–H groups in total. The third-order valence-corrected chi connectivity index (χ3v) is 2.83. The Morgan fingerprint density at radius 3 is 3.08 bits per heavy atom. The molecule has 1 nitrogen and oxygen atoms in total. The van der Waals surface area contributed by atoms with Crippen molar-refractivity contribution in [3.8, 4) is 0 Å². The van der Waals surface area contributed by atoms with Gasteiger partial charge in [0.15, 0.2) is 0 Å². The summed E-state index contributed by atoms with van der Waals surface area (Å²) in [5.74, 6) is 0. The maximum absolute atomic E-state index is 3.59. The molecule has 1 heterocycles. The van der Waals surface area contributed by atoms with E-state index in [1.807, 2.05) is 0 Å². The van der Waals surface area contributed by atoms with Crippen LogP contribution in [0.25, 0.3) is 0 Å². The zero-order chi connectivity index (χ0) is 9.26. The normalized spacial score (nSPS) is 21.5. The number of rotatable bonds is 0. The van der Waals surface area contributed by atoms with Gasteiger partial charge in [-0.2, -0.15) is 0 Å². The minimum Gasteiger partial charge on any atom is -0.382 e. The van der Waals surface area contributed by atoms with Crippen LogP contribution in [0.2, 0.25) is 0 Å². The second-order valence-electron chi connectivity index (χ2n) is 4.05. The fraction of sp³-hybridized carbons (Fsp3) is 0.500. The number of nitrogens with one attached hydrogen (secondary N) is 1. The molecule has 0 aromatic heterocycles. The maximum atomic E-state index is 3.59. The van der Waals surface area contributed by atoms with Crippen LogP contribution < -0.4 is 5.32 Å². The average molecular weight is 175 g/mol. The molecule has 0 fully saturated rings. The molecule has 1 aromatic rings. The highest BCUT2D eigenvalue weighted by Crippen LogP contribution is 2.26. The number of hydrogen-bond acceptors (Lipinski definition) is 1. The van der Waals surface area contributed by atoms with Gasteiger partial charge in [0.05, 0.1) is 0 Å². The summed E-state index contributed by atoms with van der Waals surface area (Å²) < 4.78 is 0. The van der Waals surface area contributed by atoms with Gasteiger partial charge in [0, 0.05) is 11.7 Å². The largest absolute Gasteiger partial charge is 0.382 e. The van der Waals surface area contributed by atoms with E-state index in [-0.39, 0.29) is 0 Å². The smallest absolute Gasteiger partial charge is 0.0404 e. The summed E-state index contributed by atoms with van der Waals surface area (Å²) >= 11 is 0. The van der Waals surface area contributed by atoms with E-state index in [4.69, 9.17) is 0 Å². The topological polar surface area (TPSA) is 12.0 Å². The van der Waals surface area contributed by atoms with Crippen molar-refractivity contribution in [2.24, 2.45) is 0 Å². The third-order valence-electron chi connectivity index (χ3n) is 2.83. The van der Waals surface area contributed by atoms with E-state index in [0.29, 0.717) is 6.04 Å². The van der Waals surface area contributed by atoms with E-state index in [1.54, 1.807) is 0 Å². The summed E-state index contributed by atoms with van der Waals surface area (Å²) in [7, 11) is 0. The van der Waals surface area contributed by atoms with Crippen molar-refractivity contribution in [2.75, 3.05) is 5.32 Å². The maximum Gasteiger partial charge on any atom is 0.0404 e. The molecule has 0 saturated heterocycles. The molecule has 2 rings (SSSR count). The van der Waals surface area contributed by atoms with E-state index < -0.39 is 0 Å². The van der Waals surface area contributed by atoms with Crippen LogP contribution in [0.4, 0.5) is 5.69 Å². The fourth-order valence-corrected chi connectivity index (χ4v) is 2.06. The molecule has 0 radical (unpaired) electrons. The van der Waals surface area contributed by atoms with Gasteiger partial charge in [0.2, 0.25) is 0 Å². The van der Waals surface area contributed by atoms with Gasteiger partial charge in [0.1, 0.15) is 0 Å². The SMILES string of the molecule is Cc1cccc2c1NC(C)CCC2. The van der Waals surface area contributed by atoms with Crippen molar-refractivity contribution in [3.63, 3.8) is 0 Å². The highest BCUT2D eigenvalue weighted by Gasteiger charge is 2.12. The number of aryl methyl sites for hydroxylation is 2. The Labute approximate surface area is 80.2 Å². The Morgan fingerprint density at radius 1 is 1.38 bits per heavy atom.